The van der Waals surface area contributed by atoms with Gasteiger partial charge in [0.1, 0.15) is 5.49 Å². The van der Waals surface area contributed by atoms with Gasteiger partial charge in [0.25, 0.3) is 0 Å². The molecule has 6 heteroatoms. The molecule has 13 heavy (non-hydrogen) atoms. The highest BCUT2D eigenvalue weighted by atomic mass is 32.2. The summed E-state index contributed by atoms with van der Waals surface area (Å²) in [5, 5.41) is -0.499. The quantitative estimate of drug-likeness (QED) is 0.672. The first-order valence-electron chi connectivity index (χ1n) is 4.14. The summed E-state index contributed by atoms with van der Waals surface area (Å²) in [5.41, 5.74) is -0.356. The van der Waals surface area contributed by atoms with Gasteiger partial charge in [0.15, 0.2) is 9.84 Å². The Morgan fingerprint density at radius 3 is 2.15 bits per heavy atom. The largest absolute Gasteiger partial charge is 0.328 e. The second kappa shape index (κ2) is 4.58. The van der Waals surface area contributed by atoms with E-state index in [2.05, 4.69) is 0 Å². The molecule has 0 saturated heterocycles. The lowest BCUT2D eigenvalue weighted by Gasteiger charge is -2.14. The van der Waals surface area contributed by atoms with E-state index in [4.69, 9.17) is 4.52 Å². The average molecular weight is 228 g/mol. The molecule has 0 amide bonds. The molecule has 0 aromatic heterocycles. The van der Waals surface area contributed by atoms with Crippen molar-refractivity contribution in [2.24, 2.45) is 0 Å². The lowest BCUT2D eigenvalue weighted by atomic mass is 10.6. The summed E-state index contributed by atoms with van der Waals surface area (Å²) in [6, 6.07) is 0. The third kappa shape index (κ3) is 4.79. The number of hydrogen-bond acceptors (Lipinski definition) is 4. The Morgan fingerprint density at radius 1 is 1.38 bits per heavy atom. The molecule has 0 radical (unpaired) electrons. The predicted octanol–water partition coefficient (Wildman–Crippen LogP) is 1.71. The number of rotatable bonds is 5. The van der Waals surface area contributed by atoms with Gasteiger partial charge in [0.2, 0.25) is 7.37 Å². The zero-order valence-electron chi connectivity index (χ0n) is 8.48. The van der Waals surface area contributed by atoms with E-state index in [1.807, 2.05) is 0 Å². The van der Waals surface area contributed by atoms with E-state index in [1.165, 1.54) is 6.66 Å². The Morgan fingerprint density at radius 2 is 1.85 bits per heavy atom. The van der Waals surface area contributed by atoms with Crippen molar-refractivity contribution in [1.82, 2.24) is 0 Å². The van der Waals surface area contributed by atoms with Gasteiger partial charge < -0.3 is 4.52 Å². The van der Waals surface area contributed by atoms with Crippen molar-refractivity contribution in [2.75, 3.05) is 18.8 Å². The Bertz CT molecular complexity index is 294. The van der Waals surface area contributed by atoms with Gasteiger partial charge in [0.05, 0.1) is 11.9 Å². The standard InChI is InChI=1S/C7H17O4PS/c1-5-11-12(4,8)6-13(9,10)7(2)3/h7H,5-6H2,1-4H3/t12-/m1/s1. The fraction of sp³-hybridized carbons (Fsp3) is 1.00. The Hall–Kier alpha value is 0.140. The van der Waals surface area contributed by atoms with Crippen LogP contribution in [0.25, 0.3) is 0 Å². The van der Waals surface area contributed by atoms with Crippen molar-refractivity contribution in [3.63, 3.8) is 0 Å². The summed E-state index contributed by atoms with van der Waals surface area (Å²) in [5.74, 6) is 0. The van der Waals surface area contributed by atoms with Crippen LogP contribution in [0.3, 0.4) is 0 Å². The monoisotopic (exact) mass is 228 g/mol. The summed E-state index contributed by atoms with van der Waals surface area (Å²) in [6.07, 6.45) is 0. The molecule has 0 spiro atoms. The van der Waals surface area contributed by atoms with Crippen LogP contribution in [0.4, 0.5) is 0 Å². The number of hydrogen-bond donors (Lipinski definition) is 0. The van der Waals surface area contributed by atoms with Crippen LogP contribution in [0.15, 0.2) is 0 Å². The van der Waals surface area contributed by atoms with E-state index in [1.54, 1.807) is 20.8 Å². The molecule has 0 rings (SSSR count). The van der Waals surface area contributed by atoms with Crippen molar-refractivity contribution in [1.29, 1.82) is 0 Å². The number of sulfone groups is 1. The molecule has 1 atom stereocenters. The van der Waals surface area contributed by atoms with Gasteiger partial charge >= 0.3 is 0 Å². The fourth-order valence-corrected chi connectivity index (χ4v) is 5.44. The minimum atomic E-state index is -3.27. The molecule has 0 aromatic rings. The van der Waals surface area contributed by atoms with Crippen LogP contribution in [0.2, 0.25) is 0 Å². The average Bonchev–Trinajstić information content (AvgIpc) is 1.83. The van der Waals surface area contributed by atoms with Gasteiger partial charge in [-0.05, 0) is 20.8 Å². The zero-order valence-corrected chi connectivity index (χ0v) is 10.2. The van der Waals surface area contributed by atoms with Crippen molar-refractivity contribution in [2.45, 2.75) is 26.0 Å². The molecule has 0 aliphatic carbocycles. The molecule has 0 aromatic carbocycles. The zero-order chi connectivity index (χ0) is 10.7. The van der Waals surface area contributed by atoms with Gasteiger partial charge in [0, 0.05) is 6.66 Å². The van der Waals surface area contributed by atoms with E-state index in [-0.39, 0.29) is 12.1 Å². The van der Waals surface area contributed by atoms with Crippen LogP contribution in [-0.2, 0) is 18.9 Å². The molecule has 0 saturated carbocycles. The molecule has 0 fully saturated rings. The SMILES string of the molecule is CCO[P@@](C)(=O)CS(=O)(=O)C(C)C. The normalized spacial score (nSPS) is 17.3. The molecule has 0 bridgehead atoms. The van der Waals surface area contributed by atoms with Gasteiger partial charge in [-0.3, -0.25) is 4.57 Å². The Labute approximate surface area is 80.0 Å². The second-order valence-corrected chi connectivity index (χ2v) is 8.86. The Kier molecular flexibility index (Phi) is 4.63. The molecule has 0 N–H and O–H groups in total. The summed E-state index contributed by atoms with van der Waals surface area (Å²) in [7, 11) is -6.22. The third-order valence-corrected chi connectivity index (χ3v) is 7.09. The van der Waals surface area contributed by atoms with Gasteiger partial charge in [-0.2, -0.15) is 0 Å². The molecule has 0 aliphatic rings. The first kappa shape index (κ1) is 13.1. The van der Waals surface area contributed by atoms with Crippen LogP contribution in [-0.4, -0.2) is 32.4 Å². The minimum Gasteiger partial charge on any atom is -0.328 e. The summed E-state index contributed by atoms with van der Waals surface area (Å²) >= 11 is 0. The summed E-state index contributed by atoms with van der Waals surface area (Å²) in [6.45, 7) is 6.47. The molecule has 4 nitrogen and oxygen atoms in total. The van der Waals surface area contributed by atoms with Gasteiger partial charge in [-0.1, -0.05) is 0 Å². The van der Waals surface area contributed by atoms with Crippen molar-refractivity contribution >= 4 is 17.2 Å². The smallest absolute Gasteiger partial charge is 0.214 e. The minimum absolute atomic E-state index is 0.279. The van der Waals surface area contributed by atoms with Crippen LogP contribution in [0, 0.1) is 0 Å². The fourth-order valence-electron chi connectivity index (χ4n) is 0.786. The molecule has 80 valence electrons. The highest BCUT2D eigenvalue weighted by Crippen LogP contribution is 2.44. The van der Waals surface area contributed by atoms with Crippen LogP contribution < -0.4 is 0 Å². The Balaban J connectivity index is 4.54. The maximum Gasteiger partial charge on any atom is 0.214 e. The van der Waals surface area contributed by atoms with Crippen molar-refractivity contribution in [3.05, 3.63) is 0 Å². The maximum absolute atomic E-state index is 11.5. The first-order valence-corrected chi connectivity index (χ1v) is 8.11. The lowest BCUT2D eigenvalue weighted by Crippen LogP contribution is -2.18. The molecule has 0 unspecified atom stereocenters. The van der Waals surface area contributed by atoms with Crippen LogP contribution >= 0.6 is 7.37 Å². The lowest BCUT2D eigenvalue weighted by molar-refractivity contribution is 0.340. The van der Waals surface area contributed by atoms with Crippen LogP contribution in [0.5, 0.6) is 0 Å². The van der Waals surface area contributed by atoms with E-state index in [0.29, 0.717) is 0 Å². The first-order chi connectivity index (χ1) is 5.71. The highest BCUT2D eigenvalue weighted by molar-refractivity contribution is 7.98. The van der Waals surface area contributed by atoms with Gasteiger partial charge in [-0.15, -0.1) is 0 Å². The van der Waals surface area contributed by atoms with Crippen LogP contribution in [0.1, 0.15) is 20.8 Å². The molecular weight excluding hydrogens is 211 g/mol. The molecule has 0 aliphatic heterocycles. The van der Waals surface area contributed by atoms with Gasteiger partial charge in [-0.25, -0.2) is 8.42 Å². The topological polar surface area (TPSA) is 60.4 Å². The second-order valence-electron chi connectivity index (χ2n) is 3.27. The van der Waals surface area contributed by atoms with Crippen molar-refractivity contribution < 1.29 is 17.5 Å². The molecular formula is C7H17O4PS. The van der Waals surface area contributed by atoms with E-state index < -0.39 is 22.5 Å². The third-order valence-electron chi connectivity index (χ3n) is 1.53. The summed E-state index contributed by atoms with van der Waals surface area (Å²) < 4.78 is 39.2. The van der Waals surface area contributed by atoms with E-state index in [0.717, 1.165) is 0 Å². The predicted molar refractivity (Wildman–Crippen MR) is 54.1 cm³/mol. The van der Waals surface area contributed by atoms with Crippen molar-refractivity contribution in [3.8, 4) is 0 Å². The van der Waals surface area contributed by atoms with E-state index >= 15 is 0 Å². The highest BCUT2D eigenvalue weighted by Gasteiger charge is 2.27. The molecule has 0 heterocycles. The maximum atomic E-state index is 11.5. The van der Waals surface area contributed by atoms with E-state index in [9.17, 15) is 13.0 Å². The summed E-state index contributed by atoms with van der Waals surface area (Å²) in [4.78, 5) is 0.